The maximum atomic E-state index is 10.4. The van der Waals surface area contributed by atoms with Crippen molar-refractivity contribution < 1.29 is 9.53 Å². The second-order valence-corrected chi connectivity index (χ2v) is 13.6. The van der Waals surface area contributed by atoms with Gasteiger partial charge in [-0.25, -0.2) is 0 Å². The van der Waals surface area contributed by atoms with Crippen LogP contribution in [0.2, 0.25) is 18.1 Å². The SMILES string of the molecule is Cn1c(CO[Si](C)(C)C(C)(C)C)cc2cc3c(cc21)C=CCCC3O. The molecule has 1 N–H and O–H groups in total. The second kappa shape index (κ2) is 6.42. The molecule has 0 spiro atoms. The maximum Gasteiger partial charge on any atom is 0.192 e. The van der Waals surface area contributed by atoms with Crippen molar-refractivity contribution in [1.82, 2.24) is 4.57 Å². The Labute approximate surface area is 152 Å². The van der Waals surface area contributed by atoms with Crippen LogP contribution < -0.4 is 0 Å². The van der Waals surface area contributed by atoms with E-state index in [-0.39, 0.29) is 11.1 Å². The Morgan fingerprint density at radius 2 is 1.96 bits per heavy atom. The van der Waals surface area contributed by atoms with E-state index in [0.717, 1.165) is 24.0 Å². The molecule has 0 aliphatic heterocycles. The number of aliphatic hydroxyl groups excluding tert-OH is 1. The van der Waals surface area contributed by atoms with Crippen molar-refractivity contribution in [3.05, 3.63) is 41.1 Å². The number of aromatic nitrogens is 1. The van der Waals surface area contributed by atoms with Crippen LogP contribution >= 0.6 is 0 Å². The summed E-state index contributed by atoms with van der Waals surface area (Å²) in [6.45, 7) is 12.0. The minimum atomic E-state index is -1.77. The van der Waals surface area contributed by atoms with Crippen LogP contribution in [0.15, 0.2) is 24.3 Å². The summed E-state index contributed by atoms with van der Waals surface area (Å²) in [7, 11) is 0.340. The Kier molecular flexibility index (Phi) is 4.73. The van der Waals surface area contributed by atoms with Crippen LogP contribution in [0.1, 0.15) is 56.5 Å². The molecule has 3 nitrogen and oxygen atoms in total. The summed E-state index contributed by atoms with van der Waals surface area (Å²) in [4.78, 5) is 0. The third-order valence-electron chi connectivity index (χ3n) is 6.00. The Hall–Kier alpha value is -1.36. The first kappa shape index (κ1) is 18.4. The molecule has 25 heavy (non-hydrogen) atoms. The zero-order valence-electron chi connectivity index (χ0n) is 16.4. The van der Waals surface area contributed by atoms with Gasteiger partial charge in [0.2, 0.25) is 0 Å². The normalized spacial score (nSPS) is 18.4. The number of aryl methyl sites for hydroxylation is 1. The summed E-state index contributed by atoms with van der Waals surface area (Å²) in [5.41, 5.74) is 4.57. The molecule has 0 bridgehead atoms. The van der Waals surface area contributed by atoms with Gasteiger partial charge < -0.3 is 14.1 Å². The molecule has 1 aliphatic rings. The fourth-order valence-electron chi connectivity index (χ4n) is 3.14. The van der Waals surface area contributed by atoms with E-state index >= 15 is 0 Å². The number of allylic oxidation sites excluding steroid dienone is 1. The van der Waals surface area contributed by atoms with Crippen LogP contribution in [0.25, 0.3) is 17.0 Å². The fraction of sp³-hybridized carbons (Fsp3) is 0.524. The van der Waals surface area contributed by atoms with E-state index in [4.69, 9.17) is 4.43 Å². The topological polar surface area (TPSA) is 34.4 Å². The lowest BCUT2D eigenvalue weighted by Gasteiger charge is -2.36. The summed E-state index contributed by atoms with van der Waals surface area (Å²) in [5.74, 6) is 0. The molecule has 1 aliphatic carbocycles. The molecule has 0 fully saturated rings. The minimum absolute atomic E-state index is 0.212. The average molecular weight is 358 g/mol. The molecule has 3 rings (SSSR count). The van der Waals surface area contributed by atoms with Crippen molar-refractivity contribution in [3.63, 3.8) is 0 Å². The molecular formula is C21H31NO2Si. The third-order valence-corrected chi connectivity index (χ3v) is 10.5. The van der Waals surface area contributed by atoms with Gasteiger partial charge in [0.05, 0.1) is 12.7 Å². The monoisotopic (exact) mass is 357 g/mol. The smallest absolute Gasteiger partial charge is 0.192 e. The number of rotatable bonds is 3. The molecule has 0 saturated heterocycles. The predicted molar refractivity (Wildman–Crippen MR) is 108 cm³/mol. The number of nitrogens with zero attached hydrogens (tertiary/aromatic N) is 1. The molecule has 0 radical (unpaired) electrons. The highest BCUT2D eigenvalue weighted by molar-refractivity contribution is 6.74. The molecule has 0 amide bonds. The second-order valence-electron chi connectivity index (χ2n) is 8.78. The number of aliphatic hydroxyl groups is 1. The van der Waals surface area contributed by atoms with E-state index in [2.05, 4.69) is 75.8 Å². The Morgan fingerprint density at radius 1 is 1.24 bits per heavy atom. The van der Waals surface area contributed by atoms with Gasteiger partial charge in [0.25, 0.3) is 0 Å². The Morgan fingerprint density at radius 3 is 2.64 bits per heavy atom. The van der Waals surface area contributed by atoms with Gasteiger partial charge in [-0.2, -0.15) is 0 Å². The van der Waals surface area contributed by atoms with Crippen molar-refractivity contribution in [1.29, 1.82) is 0 Å². The first-order valence-electron chi connectivity index (χ1n) is 9.21. The number of benzene rings is 1. The highest BCUT2D eigenvalue weighted by Gasteiger charge is 2.37. The van der Waals surface area contributed by atoms with Gasteiger partial charge in [-0.05, 0) is 60.3 Å². The van der Waals surface area contributed by atoms with Crippen molar-refractivity contribution in [3.8, 4) is 0 Å². The molecule has 0 saturated carbocycles. The number of hydrogen-bond acceptors (Lipinski definition) is 2. The van der Waals surface area contributed by atoms with Crippen LogP contribution in [0.3, 0.4) is 0 Å². The first-order valence-corrected chi connectivity index (χ1v) is 12.1. The first-order chi connectivity index (χ1) is 11.6. The van der Waals surface area contributed by atoms with Crippen molar-refractivity contribution in [2.45, 2.75) is 64.5 Å². The van der Waals surface area contributed by atoms with E-state index in [1.54, 1.807) is 0 Å². The van der Waals surface area contributed by atoms with Gasteiger partial charge in [-0.15, -0.1) is 0 Å². The van der Waals surface area contributed by atoms with Crippen LogP contribution in [0.5, 0.6) is 0 Å². The third kappa shape index (κ3) is 3.48. The van der Waals surface area contributed by atoms with E-state index in [1.807, 2.05) is 0 Å². The van der Waals surface area contributed by atoms with Crippen LogP contribution in [0, 0.1) is 0 Å². The number of fused-ring (bicyclic) bond motifs is 2. The summed E-state index contributed by atoms with van der Waals surface area (Å²) in [6.07, 6.45) is 5.65. The quantitative estimate of drug-likeness (QED) is 0.732. The van der Waals surface area contributed by atoms with Gasteiger partial charge in [0.1, 0.15) is 0 Å². The molecule has 1 aromatic carbocycles. The lowest BCUT2D eigenvalue weighted by molar-refractivity contribution is 0.169. The molecule has 136 valence electrons. The Balaban J connectivity index is 1.95. The molecular weight excluding hydrogens is 326 g/mol. The predicted octanol–water partition coefficient (Wildman–Crippen LogP) is 5.54. The van der Waals surface area contributed by atoms with Crippen molar-refractivity contribution in [2.24, 2.45) is 7.05 Å². The van der Waals surface area contributed by atoms with Crippen LogP contribution in [-0.4, -0.2) is 18.0 Å². The zero-order chi connectivity index (χ0) is 18.4. The highest BCUT2D eigenvalue weighted by atomic mass is 28.4. The lowest BCUT2D eigenvalue weighted by atomic mass is 10.00. The van der Waals surface area contributed by atoms with Gasteiger partial charge in [0, 0.05) is 23.6 Å². The molecule has 1 heterocycles. The van der Waals surface area contributed by atoms with E-state index in [1.165, 1.54) is 16.6 Å². The van der Waals surface area contributed by atoms with Gasteiger partial charge in [-0.3, -0.25) is 0 Å². The largest absolute Gasteiger partial charge is 0.411 e. The molecule has 1 atom stereocenters. The summed E-state index contributed by atoms with van der Waals surface area (Å²) in [6, 6.07) is 6.57. The average Bonchev–Trinajstić information content (AvgIpc) is 2.71. The van der Waals surface area contributed by atoms with E-state index < -0.39 is 8.32 Å². The number of hydrogen-bond donors (Lipinski definition) is 1. The van der Waals surface area contributed by atoms with Crippen molar-refractivity contribution in [2.75, 3.05) is 0 Å². The van der Waals surface area contributed by atoms with Gasteiger partial charge >= 0.3 is 0 Å². The van der Waals surface area contributed by atoms with Gasteiger partial charge in [0.15, 0.2) is 8.32 Å². The van der Waals surface area contributed by atoms with Crippen molar-refractivity contribution >= 4 is 25.3 Å². The molecule has 4 heteroatoms. The standard InChI is InChI=1S/C21H31NO2Si/c1-21(2,3)25(5,6)24-14-17-11-16-12-18-15(13-19(16)22(17)4)9-7-8-10-20(18)23/h7,9,11-13,20,23H,8,10,14H2,1-6H3. The Bertz CT molecular complexity index is 811. The van der Waals surface area contributed by atoms with E-state index in [9.17, 15) is 5.11 Å². The van der Waals surface area contributed by atoms with Crippen LogP contribution in [-0.2, 0) is 18.1 Å². The fourth-order valence-corrected chi connectivity index (χ4v) is 4.08. The minimum Gasteiger partial charge on any atom is -0.411 e. The zero-order valence-corrected chi connectivity index (χ0v) is 17.4. The molecule has 1 aromatic heterocycles. The summed E-state index contributed by atoms with van der Waals surface area (Å²) in [5, 5.41) is 11.8. The molecule has 1 unspecified atom stereocenters. The van der Waals surface area contributed by atoms with Crippen LogP contribution in [0.4, 0.5) is 0 Å². The molecule has 2 aromatic rings. The van der Waals surface area contributed by atoms with E-state index in [0.29, 0.717) is 6.61 Å². The maximum absolute atomic E-state index is 10.4. The van der Waals surface area contributed by atoms with Gasteiger partial charge in [-0.1, -0.05) is 32.9 Å². The lowest BCUT2D eigenvalue weighted by Crippen LogP contribution is -2.40. The summed E-state index contributed by atoms with van der Waals surface area (Å²) >= 11 is 0. The highest BCUT2D eigenvalue weighted by Crippen LogP contribution is 2.37. The summed E-state index contributed by atoms with van der Waals surface area (Å²) < 4.78 is 8.64.